The predicted molar refractivity (Wildman–Crippen MR) is 69.6 cm³/mol. The molecular formula is C11H25N3S. The number of rotatable bonds is 6. The van der Waals surface area contributed by atoms with Crippen LogP contribution in [0, 0.1) is 0 Å². The number of likely N-dealkylation sites (tertiary alicyclic amines) is 1. The third-order valence-electron chi connectivity index (χ3n) is 3.03. The maximum Gasteiger partial charge on any atom is 0.0335 e. The summed E-state index contributed by atoms with van der Waals surface area (Å²) in [6, 6.07) is 0.419. The van der Waals surface area contributed by atoms with Crippen LogP contribution in [-0.4, -0.2) is 48.4 Å². The largest absolute Gasteiger partial charge is 0.329 e. The van der Waals surface area contributed by atoms with Gasteiger partial charge in [0.25, 0.3) is 0 Å². The highest BCUT2D eigenvalue weighted by Gasteiger charge is 2.27. The van der Waals surface area contributed by atoms with E-state index in [0.717, 1.165) is 13.1 Å². The number of thiol groups is 1. The Morgan fingerprint density at radius 1 is 1.40 bits per heavy atom. The van der Waals surface area contributed by atoms with Gasteiger partial charge in [-0.25, -0.2) is 0 Å². The molecule has 4 heteroatoms. The van der Waals surface area contributed by atoms with Crippen LogP contribution < -0.4 is 11.1 Å². The first-order valence-electron chi connectivity index (χ1n) is 5.92. The Bertz CT molecular complexity index is 173. The zero-order valence-corrected chi connectivity index (χ0v) is 10.9. The molecule has 0 aromatic rings. The molecule has 1 saturated heterocycles. The van der Waals surface area contributed by atoms with Crippen molar-refractivity contribution in [1.82, 2.24) is 10.2 Å². The van der Waals surface area contributed by atoms with Crippen molar-refractivity contribution in [2.24, 2.45) is 5.73 Å². The Kier molecular flexibility index (Phi) is 5.39. The summed E-state index contributed by atoms with van der Waals surface area (Å²) in [6.45, 7) is 9.48. The second-order valence-corrected chi connectivity index (χ2v) is 6.11. The van der Waals surface area contributed by atoms with Gasteiger partial charge < -0.3 is 16.0 Å². The van der Waals surface area contributed by atoms with Gasteiger partial charge >= 0.3 is 0 Å². The van der Waals surface area contributed by atoms with Gasteiger partial charge in [-0.2, -0.15) is 12.6 Å². The lowest BCUT2D eigenvalue weighted by Crippen LogP contribution is -2.51. The molecule has 15 heavy (non-hydrogen) atoms. The van der Waals surface area contributed by atoms with Crippen molar-refractivity contribution in [2.75, 3.05) is 32.7 Å². The average molecular weight is 231 g/mol. The van der Waals surface area contributed by atoms with Crippen molar-refractivity contribution in [1.29, 1.82) is 0 Å². The summed E-state index contributed by atoms with van der Waals surface area (Å²) in [5.74, 6) is 0. The maximum atomic E-state index is 5.53. The molecule has 3 nitrogen and oxygen atoms in total. The van der Waals surface area contributed by atoms with E-state index in [1.807, 2.05) is 0 Å². The van der Waals surface area contributed by atoms with Crippen molar-refractivity contribution in [2.45, 2.75) is 37.5 Å². The van der Waals surface area contributed by atoms with Gasteiger partial charge in [0.1, 0.15) is 0 Å². The topological polar surface area (TPSA) is 41.3 Å². The molecule has 0 aromatic carbocycles. The Balaban J connectivity index is 2.40. The fraction of sp³-hybridized carbons (Fsp3) is 1.00. The summed E-state index contributed by atoms with van der Waals surface area (Å²) in [7, 11) is 0. The molecule has 0 bridgehead atoms. The lowest BCUT2D eigenvalue weighted by Gasteiger charge is -2.34. The van der Waals surface area contributed by atoms with Crippen LogP contribution in [0.5, 0.6) is 0 Å². The van der Waals surface area contributed by atoms with Gasteiger partial charge in [0.15, 0.2) is 0 Å². The van der Waals surface area contributed by atoms with E-state index in [0.29, 0.717) is 12.6 Å². The lowest BCUT2D eigenvalue weighted by atomic mass is 10.0. The molecule has 1 fully saturated rings. The van der Waals surface area contributed by atoms with Crippen LogP contribution in [0.3, 0.4) is 0 Å². The minimum atomic E-state index is 0.0117. The zero-order valence-electron chi connectivity index (χ0n) is 10.00. The average Bonchev–Trinajstić information content (AvgIpc) is 2.62. The number of hydrogen-bond acceptors (Lipinski definition) is 4. The monoisotopic (exact) mass is 231 g/mol. The Hall–Kier alpha value is 0.230. The third-order valence-corrected chi connectivity index (χ3v) is 3.34. The van der Waals surface area contributed by atoms with E-state index in [9.17, 15) is 0 Å². The summed E-state index contributed by atoms with van der Waals surface area (Å²) in [4.78, 5) is 2.52. The summed E-state index contributed by atoms with van der Waals surface area (Å²) in [6.07, 6.45) is 2.69. The van der Waals surface area contributed by atoms with E-state index in [2.05, 4.69) is 36.7 Å². The third kappa shape index (κ3) is 4.72. The van der Waals surface area contributed by atoms with Crippen molar-refractivity contribution in [3.8, 4) is 0 Å². The van der Waals surface area contributed by atoms with Crippen LogP contribution in [0.25, 0.3) is 0 Å². The molecular weight excluding hydrogens is 206 g/mol. The quantitative estimate of drug-likeness (QED) is 0.590. The van der Waals surface area contributed by atoms with Crippen molar-refractivity contribution < 1.29 is 0 Å². The van der Waals surface area contributed by atoms with Crippen LogP contribution >= 0.6 is 12.6 Å². The molecule has 1 rings (SSSR count). The number of nitrogens with zero attached hydrogens (tertiary/aromatic N) is 1. The highest BCUT2D eigenvalue weighted by molar-refractivity contribution is 7.81. The van der Waals surface area contributed by atoms with Gasteiger partial charge in [-0.05, 0) is 39.8 Å². The van der Waals surface area contributed by atoms with E-state index in [1.54, 1.807) is 0 Å². The van der Waals surface area contributed by atoms with Crippen LogP contribution in [0.1, 0.15) is 26.7 Å². The summed E-state index contributed by atoms with van der Waals surface area (Å²) < 4.78 is 0.0117. The standard InChI is InChI=1S/C11H25N3S/c1-11(2,15)10(13-6-5-12)9-14-7-3-4-8-14/h10,13,15H,3-9,12H2,1-2H3. The number of nitrogens with two attached hydrogens (primary N) is 1. The normalized spacial score (nSPS) is 20.8. The van der Waals surface area contributed by atoms with Crippen molar-refractivity contribution >= 4 is 12.6 Å². The maximum absolute atomic E-state index is 5.53. The Morgan fingerprint density at radius 3 is 2.47 bits per heavy atom. The van der Waals surface area contributed by atoms with E-state index in [-0.39, 0.29) is 4.75 Å². The molecule has 1 atom stereocenters. The highest BCUT2D eigenvalue weighted by Crippen LogP contribution is 2.20. The highest BCUT2D eigenvalue weighted by atomic mass is 32.1. The molecule has 0 spiro atoms. The molecule has 0 saturated carbocycles. The van der Waals surface area contributed by atoms with Crippen LogP contribution in [-0.2, 0) is 0 Å². The SMILES string of the molecule is CC(C)(S)C(CN1CCCC1)NCCN. The number of nitrogens with one attached hydrogen (secondary N) is 1. The Labute approximate surface area is 99.2 Å². The number of hydrogen-bond donors (Lipinski definition) is 3. The first-order chi connectivity index (χ1) is 7.04. The van der Waals surface area contributed by atoms with Gasteiger partial charge in [0, 0.05) is 30.4 Å². The van der Waals surface area contributed by atoms with Crippen LogP contribution in [0.15, 0.2) is 0 Å². The van der Waals surface area contributed by atoms with Gasteiger partial charge in [0.2, 0.25) is 0 Å². The fourth-order valence-electron chi connectivity index (χ4n) is 2.02. The summed E-state index contributed by atoms with van der Waals surface area (Å²) >= 11 is 4.67. The van der Waals surface area contributed by atoms with E-state index >= 15 is 0 Å². The lowest BCUT2D eigenvalue weighted by molar-refractivity contribution is 0.269. The smallest absolute Gasteiger partial charge is 0.0335 e. The van der Waals surface area contributed by atoms with E-state index in [1.165, 1.54) is 25.9 Å². The van der Waals surface area contributed by atoms with Gasteiger partial charge in [-0.3, -0.25) is 0 Å². The fourth-order valence-corrected chi connectivity index (χ4v) is 2.19. The molecule has 0 aliphatic carbocycles. The second-order valence-electron chi connectivity index (χ2n) is 4.96. The van der Waals surface area contributed by atoms with Crippen molar-refractivity contribution in [3.05, 3.63) is 0 Å². The summed E-state index contributed by atoms with van der Waals surface area (Å²) in [5.41, 5.74) is 5.53. The molecule has 1 aliphatic rings. The van der Waals surface area contributed by atoms with Crippen molar-refractivity contribution in [3.63, 3.8) is 0 Å². The van der Waals surface area contributed by atoms with E-state index < -0.39 is 0 Å². The van der Waals surface area contributed by atoms with Gasteiger partial charge in [0.05, 0.1) is 0 Å². The second kappa shape index (κ2) is 6.09. The van der Waals surface area contributed by atoms with Crippen LogP contribution in [0.2, 0.25) is 0 Å². The first kappa shape index (κ1) is 13.3. The minimum absolute atomic E-state index is 0.0117. The van der Waals surface area contributed by atoms with Gasteiger partial charge in [-0.15, -0.1) is 0 Å². The molecule has 0 aromatic heterocycles. The van der Waals surface area contributed by atoms with Crippen LogP contribution in [0.4, 0.5) is 0 Å². The molecule has 0 amide bonds. The molecule has 90 valence electrons. The zero-order chi connectivity index (χ0) is 11.3. The minimum Gasteiger partial charge on any atom is -0.329 e. The molecule has 1 aliphatic heterocycles. The Morgan fingerprint density at radius 2 is 2.00 bits per heavy atom. The van der Waals surface area contributed by atoms with E-state index in [4.69, 9.17) is 5.73 Å². The molecule has 0 radical (unpaired) electrons. The summed E-state index contributed by atoms with van der Waals surface area (Å²) in [5, 5.41) is 3.49. The molecule has 3 N–H and O–H groups in total. The first-order valence-corrected chi connectivity index (χ1v) is 6.37. The molecule has 1 unspecified atom stereocenters. The van der Waals surface area contributed by atoms with Gasteiger partial charge in [-0.1, -0.05) is 0 Å². The predicted octanol–water partition coefficient (Wildman–Crippen LogP) is 0.708. The molecule has 1 heterocycles.